The second kappa shape index (κ2) is 16.7. The van der Waals surface area contributed by atoms with Crippen LogP contribution in [0.5, 0.6) is 0 Å². The minimum Gasteiger partial charge on any atom is -0.309 e. The van der Waals surface area contributed by atoms with Crippen LogP contribution >= 0.6 is 0 Å². The molecule has 0 saturated carbocycles. The number of para-hydroxylation sites is 4. The molecule has 8 aromatic carbocycles. The van der Waals surface area contributed by atoms with Crippen molar-refractivity contribution < 1.29 is 0 Å². The second-order valence-electron chi connectivity index (χ2n) is 17.9. The van der Waals surface area contributed by atoms with Crippen LogP contribution in [0.3, 0.4) is 0 Å². The number of aromatic nitrogens is 4. The van der Waals surface area contributed by atoms with Gasteiger partial charge in [0.25, 0.3) is 0 Å². The van der Waals surface area contributed by atoms with Crippen molar-refractivity contribution >= 4 is 49.2 Å². The molecular weight excluding hydrogens is 825 g/mol. The quantitative estimate of drug-likeness (QED) is 0.152. The summed E-state index contributed by atoms with van der Waals surface area (Å²) in [6, 6.07) is 70.4. The van der Waals surface area contributed by atoms with E-state index in [1.54, 1.807) is 0 Å². The number of hydrogen-bond donors (Lipinski definition) is 0. The molecule has 13 rings (SSSR count). The van der Waals surface area contributed by atoms with Crippen molar-refractivity contribution in [2.45, 2.75) is 25.2 Å². The molecule has 322 valence electrons. The Hall–Kier alpha value is -8.60. The van der Waals surface area contributed by atoms with Crippen molar-refractivity contribution in [2.24, 2.45) is 0 Å². The molecular formula is C64H46N4. The van der Waals surface area contributed by atoms with Gasteiger partial charge in [-0.1, -0.05) is 188 Å². The molecule has 0 fully saturated rings. The molecule has 0 bridgehead atoms. The molecule has 3 heterocycles. The third kappa shape index (κ3) is 6.67. The van der Waals surface area contributed by atoms with Crippen LogP contribution in [0.25, 0.3) is 106 Å². The van der Waals surface area contributed by atoms with E-state index in [0.29, 0.717) is 5.82 Å². The van der Waals surface area contributed by atoms with Crippen molar-refractivity contribution in [1.82, 2.24) is 19.1 Å². The lowest BCUT2D eigenvalue weighted by Gasteiger charge is -2.24. The van der Waals surface area contributed by atoms with Gasteiger partial charge in [0.05, 0.1) is 44.8 Å². The van der Waals surface area contributed by atoms with Gasteiger partial charge in [-0.3, -0.25) is 0 Å². The highest BCUT2D eigenvalue weighted by atomic mass is 15.0. The molecule has 11 aromatic rings. The topological polar surface area (TPSA) is 35.6 Å². The summed E-state index contributed by atoms with van der Waals surface area (Å²) in [4.78, 5) is 11.5. The van der Waals surface area contributed by atoms with Crippen LogP contribution in [-0.4, -0.2) is 19.1 Å². The fourth-order valence-corrected chi connectivity index (χ4v) is 10.9. The zero-order valence-corrected chi connectivity index (χ0v) is 37.5. The summed E-state index contributed by atoms with van der Waals surface area (Å²) >= 11 is 0. The van der Waals surface area contributed by atoms with Crippen molar-refractivity contribution in [1.29, 1.82) is 0 Å². The van der Waals surface area contributed by atoms with Crippen LogP contribution in [0.1, 0.15) is 36.3 Å². The van der Waals surface area contributed by atoms with E-state index in [4.69, 9.17) is 9.97 Å². The van der Waals surface area contributed by atoms with Crippen molar-refractivity contribution in [2.75, 3.05) is 0 Å². The third-order valence-electron chi connectivity index (χ3n) is 13.9. The molecule has 4 heteroatoms. The monoisotopic (exact) mass is 870 g/mol. The molecule has 2 aliphatic rings. The summed E-state index contributed by atoms with van der Waals surface area (Å²) < 4.78 is 4.91. The first-order valence-electron chi connectivity index (χ1n) is 23.8. The Balaban J connectivity index is 1.16. The van der Waals surface area contributed by atoms with Crippen LogP contribution in [0, 0.1) is 0 Å². The Morgan fingerprint density at radius 2 is 0.971 bits per heavy atom. The van der Waals surface area contributed by atoms with Gasteiger partial charge >= 0.3 is 0 Å². The minimum atomic E-state index is 0.143. The molecule has 3 aromatic heterocycles. The zero-order valence-electron chi connectivity index (χ0n) is 37.5. The lowest BCUT2D eigenvalue weighted by atomic mass is 9.86. The molecule has 1 unspecified atom stereocenters. The van der Waals surface area contributed by atoms with E-state index >= 15 is 0 Å². The molecule has 0 N–H and O–H groups in total. The van der Waals surface area contributed by atoms with Gasteiger partial charge in [0.1, 0.15) is 0 Å². The number of allylic oxidation sites excluding steroid dienone is 8. The fraction of sp³-hybridized carbons (Fsp3) is 0.0625. The van der Waals surface area contributed by atoms with Crippen molar-refractivity contribution in [3.05, 3.63) is 248 Å². The summed E-state index contributed by atoms with van der Waals surface area (Å²) in [5.41, 5.74) is 17.5. The van der Waals surface area contributed by atoms with Gasteiger partial charge in [0, 0.05) is 44.2 Å². The van der Waals surface area contributed by atoms with E-state index in [0.717, 1.165) is 97.5 Å². The van der Waals surface area contributed by atoms with E-state index in [1.807, 2.05) is 0 Å². The van der Waals surface area contributed by atoms with Gasteiger partial charge in [-0.25, -0.2) is 9.97 Å². The third-order valence-corrected chi connectivity index (χ3v) is 13.9. The van der Waals surface area contributed by atoms with Crippen LogP contribution in [-0.2, 0) is 0 Å². The molecule has 1 atom stereocenters. The van der Waals surface area contributed by atoms with E-state index in [2.05, 4.69) is 246 Å². The smallest absolute Gasteiger partial charge is 0.160 e. The van der Waals surface area contributed by atoms with E-state index in [-0.39, 0.29) is 5.92 Å². The Kier molecular flexibility index (Phi) is 9.75. The van der Waals surface area contributed by atoms with Crippen LogP contribution < -0.4 is 0 Å². The van der Waals surface area contributed by atoms with Crippen LogP contribution in [0.4, 0.5) is 0 Å². The normalized spacial score (nSPS) is 14.6. The minimum absolute atomic E-state index is 0.143. The Labute approximate surface area is 395 Å². The standard InChI is InChI=1S/C64H46N4/c1-4-21-43(22-5-1)46-27-18-28-47(41-46)64-65-54(62-48(44-23-6-2-7-24-44)33-19-39-60(62)67-56-35-14-10-29-50(56)51-30-11-15-36-57(51)67)42-55(66-64)63-49(45-25-8-3-9-26-45)34-20-40-61(63)68-58-37-16-12-31-52(58)53-32-13-17-38-59(53)68/h1-2,4-8,10-23,25-42,44H,3,9,24H2. The molecule has 0 aliphatic heterocycles. The Bertz CT molecular complexity index is 3790. The molecule has 0 radical (unpaired) electrons. The lowest BCUT2D eigenvalue weighted by molar-refractivity contribution is 0.853. The van der Waals surface area contributed by atoms with E-state index in [1.165, 1.54) is 32.7 Å². The van der Waals surface area contributed by atoms with Gasteiger partial charge in [-0.2, -0.15) is 0 Å². The zero-order chi connectivity index (χ0) is 45.0. The van der Waals surface area contributed by atoms with Gasteiger partial charge in [-0.05, 0) is 95.6 Å². The van der Waals surface area contributed by atoms with Crippen LogP contribution in [0.2, 0.25) is 0 Å². The highest BCUT2D eigenvalue weighted by molar-refractivity contribution is 6.11. The largest absolute Gasteiger partial charge is 0.309 e. The van der Waals surface area contributed by atoms with Gasteiger partial charge in [0.15, 0.2) is 5.82 Å². The highest BCUT2D eigenvalue weighted by Crippen LogP contribution is 2.45. The maximum atomic E-state index is 5.75. The number of fused-ring (bicyclic) bond motifs is 6. The average Bonchev–Trinajstić information content (AvgIpc) is 3.94. The van der Waals surface area contributed by atoms with Gasteiger partial charge < -0.3 is 9.13 Å². The summed E-state index contributed by atoms with van der Waals surface area (Å²) in [7, 11) is 0. The van der Waals surface area contributed by atoms with Gasteiger partial charge in [-0.15, -0.1) is 0 Å². The summed E-state index contributed by atoms with van der Waals surface area (Å²) in [5, 5.41) is 4.88. The molecule has 0 amide bonds. The Morgan fingerprint density at radius 3 is 1.57 bits per heavy atom. The average molecular weight is 871 g/mol. The van der Waals surface area contributed by atoms with Gasteiger partial charge in [0.2, 0.25) is 0 Å². The van der Waals surface area contributed by atoms with Crippen molar-refractivity contribution in [3.63, 3.8) is 0 Å². The number of hydrogen-bond acceptors (Lipinski definition) is 2. The summed E-state index contributed by atoms with van der Waals surface area (Å²) in [6.45, 7) is 0. The second-order valence-corrected chi connectivity index (χ2v) is 17.9. The van der Waals surface area contributed by atoms with E-state index < -0.39 is 0 Å². The SMILES string of the molecule is C1=CCC(c2cccc(-n3c4ccccc4c4ccccc43)c2-c2cc(-c3c(C4=CCCC=C4)cccc3-n3c4ccccc4c4ccccc43)nc(-c3cccc(-c4ccccc4)c3)n2)C=C1. The first-order valence-corrected chi connectivity index (χ1v) is 23.8. The van der Waals surface area contributed by atoms with Crippen LogP contribution in [0.15, 0.2) is 237 Å². The van der Waals surface area contributed by atoms with E-state index in [9.17, 15) is 0 Å². The number of benzene rings is 8. The lowest BCUT2D eigenvalue weighted by Crippen LogP contribution is -2.08. The summed E-state index contributed by atoms with van der Waals surface area (Å²) in [5.74, 6) is 0.817. The van der Waals surface area contributed by atoms with Crippen molar-refractivity contribution in [3.8, 4) is 56.4 Å². The first-order chi connectivity index (χ1) is 33.8. The summed E-state index contributed by atoms with van der Waals surface area (Å²) in [6.07, 6.45) is 18.9. The molecule has 0 saturated heterocycles. The predicted molar refractivity (Wildman–Crippen MR) is 284 cm³/mol. The number of nitrogens with zero attached hydrogens (tertiary/aromatic N) is 4. The molecule has 2 aliphatic carbocycles. The first kappa shape index (κ1) is 39.7. The fourth-order valence-electron chi connectivity index (χ4n) is 10.9. The molecule has 4 nitrogen and oxygen atoms in total. The maximum Gasteiger partial charge on any atom is 0.160 e. The number of rotatable bonds is 8. The maximum absolute atomic E-state index is 5.75. The Morgan fingerprint density at radius 1 is 0.426 bits per heavy atom. The molecule has 0 spiro atoms. The highest BCUT2D eigenvalue weighted by Gasteiger charge is 2.26. The molecule has 68 heavy (non-hydrogen) atoms. The predicted octanol–water partition coefficient (Wildman–Crippen LogP) is 16.7.